The predicted molar refractivity (Wildman–Crippen MR) is 167 cm³/mol. The zero-order valence-electron chi connectivity index (χ0n) is 27.1. The summed E-state index contributed by atoms with van der Waals surface area (Å²) in [6.45, 7) is 13.4. The van der Waals surface area contributed by atoms with Crippen LogP contribution in [0.4, 0.5) is 19.8 Å². The van der Waals surface area contributed by atoms with Crippen molar-refractivity contribution in [2.75, 3.05) is 18.0 Å². The van der Waals surface area contributed by atoms with E-state index in [1.54, 1.807) is 53.8 Å². The summed E-state index contributed by atoms with van der Waals surface area (Å²) in [6.07, 6.45) is 1.85. The number of pyridine rings is 1. The van der Waals surface area contributed by atoms with Gasteiger partial charge in [0.2, 0.25) is 0 Å². The number of anilines is 1. The number of hydrogen-bond donors (Lipinski definition) is 1. The van der Waals surface area contributed by atoms with Gasteiger partial charge in [-0.1, -0.05) is 6.07 Å². The first-order valence-corrected chi connectivity index (χ1v) is 15.1. The Morgan fingerprint density at radius 2 is 1.80 bits per heavy atom. The Balaban J connectivity index is 1.53. The zero-order valence-corrected chi connectivity index (χ0v) is 27.1. The van der Waals surface area contributed by atoms with E-state index in [2.05, 4.69) is 10.3 Å². The lowest BCUT2D eigenvalue weighted by Crippen LogP contribution is -2.57. The van der Waals surface area contributed by atoms with Crippen molar-refractivity contribution in [2.45, 2.75) is 84.6 Å². The molecule has 0 radical (unpaired) electrons. The Kier molecular flexibility index (Phi) is 8.27. The molecule has 0 spiro atoms. The van der Waals surface area contributed by atoms with Crippen LogP contribution in [0, 0.1) is 17.1 Å². The molecule has 4 heterocycles. The minimum absolute atomic E-state index is 0.0235. The number of nitriles is 1. The molecule has 1 saturated heterocycles. The van der Waals surface area contributed by atoms with E-state index in [-0.39, 0.29) is 40.3 Å². The number of rotatable bonds is 4. The molecule has 242 valence electrons. The number of amides is 3. The summed E-state index contributed by atoms with van der Waals surface area (Å²) in [5.74, 6) is -0.699. The molecule has 0 saturated carbocycles. The van der Waals surface area contributed by atoms with Gasteiger partial charge in [0, 0.05) is 25.4 Å². The van der Waals surface area contributed by atoms with Crippen molar-refractivity contribution in [3.63, 3.8) is 0 Å². The van der Waals surface area contributed by atoms with Gasteiger partial charge in [-0.25, -0.2) is 28.5 Å². The fourth-order valence-corrected chi connectivity index (χ4v) is 5.64. The number of halogens is 1. The molecule has 1 aromatic carbocycles. The maximum atomic E-state index is 15.2. The summed E-state index contributed by atoms with van der Waals surface area (Å²) in [5, 5.41) is 17.5. The van der Waals surface area contributed by atoms with E-state index in [1.807, 2.05) is 17.9 Å². The number of piperidine rings is 1. The minimum atomic E-state index is -0.847. The van der Waals surface area contributed by atoms with Crippen LogP contribution in [0.3, 0.4) is 0 Å². The number of fused-ring (bicyclic) bond motifs is 1. The quantitative estimate of drug-likeness (QED) is 0.382. The van der Waals surface area contributed by atoms with Gasteiger partial charge in [-0.3, -0.25) is 4.79 Å². The highest BCUT2D eigenvalue weighted by Crippen LogP contribution is 2.35. The van der Waals surface area contributed by atoms with Gasteiger partial charge in [0.25, 0.3) is 5.91 Å². The van der Waals surface area contributed by atoms with E-state index in [0.29, 0.717) is 18.9 Å². The second-order valence-corrected chi connectivity index (χ2v) is 13.8. The monoisotopic (exact) mass is 631 g/mol. The number of hydrogen-bond acceptors (Lipinski definition) is 9. The van der Waals surface area contributed by atoms with Crippen LogP contribution in [0.25, 0.3) is 16.9 Å². The fraction of sp³-hybridized carbons (Fsp3) is 0.455. The first-order valence-electron chi connectivity index (χ1n) is 15.1. The predicted octanol–water partition coefficient (Wildman–Crippen LogP) is 5.72. The number of ether oxygens (including phenoxy) is 2. The van der Waals surface area contributed by atoms with Crippen LogP contribution < -0.4 is 10.2 Å². The lowest BCUT2D eigenvalue weighted by Gasteiger charge is -2.41. The Bertz CT molecular complexity index is 1750. The minimum Gasteiger partial charge on any atom is -0.444 e. The highest BCUT2D eigenvalue weighted by molar-refractivity contribution is 6.08. The Morgan fingerprint density at radius 1 is 1.09 bits per heavy atom. The molecule has 2 aliphatic heterocycles. The van der Waals surface area contributed by atoms with E-state index in [1.165, 1.54) is 28.9 Å². The maximum Gasteiger partial charge on any atom is 0.417 e. The van der Waals surface area contributed by atoms with E-state index >= 15 is 4.39 Å². The van der Waals surface area contributed by atoms with Gasteiger partial charge < -0.3 is 19.7 Å². The van der Waals surface area contributed by atoms with E-state index < -0.39 is 40.7 Å². The van der Waals surface area contributed by atoms with Gasteiger partial charge in [-0.2, -0.15) is 10.4 Å². The molecule has 0 unspecified atom stereocenters. The molecule has 5 rings (SSSR count). The molecule has 12 nitrogen and oxygen atoms in total. The number of benzene rings is 1. The highest BCUT2D eigenvalue weighted by atomic mass is 19.1. The topological polar surface area (TPSA) is 143 Å². The normalized spacial score (nSPS) is 18.2. The second kappa shape index (κ2) is 11.7. The van der Waals surface area contributed by atoms with E-state index in [0.717, 1.165) is 17.7 Å². The van der Waals surface area contributed by atoms with Crippen molar-refractivity contribution in [1.82, 2.24) is 25.0 Å². The smallest absolute Gasteiger partial charge is 0.417 e. The van der Waals surface area contributed by atoms with Crippen molar-refractivity contribution < 1.29 is 28.2 Å². The molecule has 0 bridgehead atoms. The van der Waals surface area contributed by atoms with Crippen molar-refractivity contribution in [3.05, 3.63) is 59.2 Å². The third-order valence-electron chi connectivity index (χ3n) is 7.49. The molecule has 46 heavy (non-hydrogen) atoms. The number of carbonyl (C=O) groups is 3. The molecular formula is C33H38FN7O5. The lowest BCUT2D eigenvalue weighted by molar-refractivity contribution is 0.0246. The molecular weight excluding hydrogens is 593 g/mol. The summed E-state index contributed by atoms with van der Waals surface area (Å²) in [6, 6.07) is 9.42. The second-order valence-electron chi connectivity index (χ2n) is 13.8. The number of aromatic nitrogens is 3. The Morgan fingerprint density at radius 3 is 2.48 bits per heavy atom. The van der Waals surface area contributed by atoms with Crippen molar-refractivity contribution in [1.29, 1.82) is 5.26 Å². The van der Waals surface area contributed by atoms with E-state index in [4.69, 9.17) is 14.6 Å². The SMILES string of the molecule is CC(C)(C)OC(=O)N[C@]1(C)CCCN(c2ccn(-c3cc(-c4c(F)cccc4C#N)nc4c3C(=O)N(C(=O)OC(C)(C)C)C4)n2)C1. The summed E-state index contributed by atoms with van der Waals surface area (Å²) in [5.41, 5.74) is -1.30. The maximum absolute atomic E-state index is 15.2. The number of alkyl carbamates (subject to hydrolysis) is 1. The van der Waals surface area contributed by atoms with Crippen LogP contribution in [0.1, 0.15) is 82.9 Å². The first-order chi connectivity index (χ1) is 21.5. The number of nitrogens with one attached hydrogen (secondary N) is 1. The molecule has 3 amide bonds. The van der Waals surface area contributed by atoms with Crippen molar-refractivity contribution in [3.8, 4) is 23.0 Å². The number of carbonyl (C=O) groups excluding carboxylic acids is 3. The standard InChI is InChI=1S/C33H38FN7O5/c1-31(2,3)45-29(43)37-33(7)13-9-14-39(19-33)25-12-15-41(38-25)24-16-22(26-20(17-35)10-8-11-21(26)34)36-23-18-40(28(42)27(23)24)30(44)46-32(4,5)6/h8,10-12,15-16H,9,13-14,18-19H2,1-7H3,(H,37,43)/t33-/m1/s1. The van der Waals surface area contributed by atoms with Gasteiger partial charge in [-0.05, 0) is 79.5 Å². The molecule has 13 heteroatoms. The summed E-state index contributed by atoms with van der Waals surface area (Å²) in [4.78, 5) is 46.8. The number of imide groups is 1. The molecule has 3 aromatic rings. The fourth-order valence-electron chi connectivity index (χ4n) is 5.64. The van der Waals surface area contributed by atoms with E-state index in [9.17, 15) is 19.6 Å². The highest BCUT2D eigenvalue weighted by Gasteiger charge is 2.40. The molecule has 1 atom stereocenters. The van der Waals surface area contributed by atoms with Crippen molar-refractivity contribution in [2.24, 2.45) is 0 Å². The van der Waals surface area contributed by atoms with Gasteiger partial charge >= 0.3 is 12.2 Å². The van der Waals surface area contributed by atoms with Crippen LogP contribution in [-0.4, -0.2) is 67.6 Å². The molecule has 1 N–H and O–H groups in total. The van der Waals surface area contributed by atoms with Crippen LogP contribution in [0.2, 0.25) is 0 Å². The summed E-state index contributed by atoms with van der Waals surface area (Å²) >= 11 is 0. The zero-order chi connectivity index (χ0) is 33.6. The van der Waals surface area contributed by atoms with Crippen molar-refractivity contribution >= 4 is 23.9 Å². The lowest BCUT2D eigenvalue weighted by atomic mass is 9.91. The molecule has 0 aliphatic carbocycles. The van der Waals surface area contributed by atoms with Gasteiger partial charge in [0.15, 0.2) is 5.82 Å². The van der Waals surface area contributed by atoms with Crippen LogP contribution in [-0.2, 0) is 16.0 Å². The number of nitrogens with zero attached hydrogens (tertiary/aromatic N) is 6. The molecule has 2 aliphatic rings. The summed E-state index contributed by atoms with van der Waals surface area (Å²) < 4.78 is 27.6. The summed E-state index contributed by atoms with van der Waals surface area (Å²) in [7, 11) is 0. The van der Waals surface area contributed by atoms with Gasteiger partial charge in [0.05, 0.1) is 51.9 Å². The molecule has 1 fully saturated rings. The Hall–Kier alpha value is -4.99. The first kappa shape index (κ1) is 32.4. The van der Waals surface area contributed by atoms with Gasteiger partial charge in [0.1, 0.15) is 17.0 Å². The Labute approximate surface area is 267 Å². The van der Waals surface area contributed by atoms with Crippen LogP contribution in [0.15, 0.2) is 36.5 Å². The third-order valence-corrected chi connectivity index (χ3v) is 7.49. The third kappa shape index (κ3) is 6.80. The average molecular weight is 632 g/mol. The molecule has 2 aromatic heterocycles. The average Bonchev–Trinajstić information content (AvgIpc) is 3.55. The van der Waals surface area contributed by atoms with Gasteiger partial charge in [-0.15, -0.1) is 0 Å². The van der Waals surface area contributed by atoms with Crippen LogP contribution in [0.5, 0.6) is 0 Å². The largest absolute Gasteiger partial charge is 0.444 e. The van der Waals surface area contributed by atoms with Crippen LogP contribution >= 0.6 is 0 Å².